The third-order valence-corrected chi connectivity index (χ3v) is 4.62. The summed E-state index contributed by atoms with van der Waals surface area (Å²) in [7, 11) is 0. The van der Waals surface area contributed by atoms with Crippen molar-refractivity contribution in [3.63, 3.8) is 0 Å². The Balaban J connectivity index is 1.50. The van der Waals surface area contributed by atoms with Gasteiger partial charge in [-0.2, -0.15) is 5.10 Å². The Hall–Kier alpha value is -3.63. The van der Waals surface area contributed by atoms with E-state index in [2.05, 4.69) is 32.7 Å². The van der Waals surface area contributed by atoms with E-state index in [1.54, 1.807) is 12.4 Å². The summed E-state index contributed by atoms with van der Waals surface area (Å²) >= 11 is 1.35. The van der Waals surface area contributed by atoms with Gasteiger partial charge in [-0.05, 0) is 42.3 Å². The Labute approximate surface area is 180 Å². The number of nitrogens with zero attached hydrogens (tertiary/aromatic N) is 2. The molecule has 2 aromatic carbocycles. The highest BCUT2D eigenvalue weighted by atomic mass is 32.1. The quantitative estimate of drug-likeness (QED) is 0.346. The summed E-state index contributed by atoms with van der Waals surface area (Å²) in [6, 6.07) is 17.5. The van der Waals surface area contributed by atoms with Crippen LogP contribution < -0.4 is 15.5 Å². The molecule has 1 unspecified atom stereocenters. The van der Waals surface area contributed by atoms with Gasteiger partial charge in [-0.25, -0.2) is 4.98 Å². The minimum atomic E-state index is -0.217. The zero-order valence-corrected chi connectivity index (χ0v) is 17.6. The predicted octanol–water partition coefficient (Wildman–Crippen LogP) is 3.94. The molecule has 3 aromatic rings. The summed E-state index contributed by atoms with van der Waals surface area (Å²) < 4.78 is 5.78. The number of amides is 1. The molecule has 0 saturated carbocycles. The largest absolute Gasteiger partial charge is 0.431 e. The second-order valence-electron chi connectivity index (χ2n) is 6.43. The van der Waals surface area contributed by atoms with E-state index in [1.807, 2.05) is 61.5 Å². The normalized spacial score (nSPS) is 11.4. The molecule has 0 bridgehead atoms. The van der Waals surface area contributed by atoms with Crippen LogP contribution in [-0.4, -0.2) is 23.1 Å². The van der Waals surface area contributed by atoms with Crippen molar-refractivity contribution in [2.24, 2.45) is 5.10 Å². The molecular weight excluding hydrogens is 396 g/mol. The number of ether oxygens (including phenoxy) is 1. The highest BCUT2D eigenvalue weighted by molar-refractivity contribution is 7.13. The van der Waals surface area contributed by atoms with Gasteiger partial charge in [0, 0.05) is 6.92 Å². The summed E-state index contributed by atoms with van der Waals surface area (Å²) in [5.74, 6) is 6.53. The van der Waals surface area contributed by atoms with Gasteiger partial charge in [0.2, 0.25) is 5.91 Å². The molecule has 0 aliphatic rings. The van der Waals surface area contributed by atoms with Crippen LogP contribution >= 0.6 is 11.3 Å². The van der Waals surface area contributed by atoms with E-state index in [0.29, 0.717) is 17.5 Å². The number of rotatable bonds is 7. The van der Waals surface area contributed by atoms with Crippen molar-refractivity contribution < 1.29 is 9.53 Å². The lowest BCUT2D eigenvalue weighted by Gasteiger charge is -2.02. The summed E-state index contributed by atoms with van der Waals surface area (Å²) in [6.45, 7) is 3.97. The molecule has 7 heteroatoms. The van der Waals surface area contributed by atoms with Gasteiger partial charge in [0.15, 0.2) is 0 Å². The number of carbonyl (C=O) groups excluding carboxylic acids is 1. The summed E-state index contributed by atoms with van der Waals surface area (Å²) in [4.78, 5) is 16.0. The summed E-state index contributed by atoms with van der Waals surface area (Å²) in [5.41, 5.74) is 5.17. The second kappa shape index (κ2) is 10.8. The highest BCUT2D eigenvalue weighted by Crippen LogP contribution is 2.26. The average Bonchev–Trinajstić information content (AvgIpc) is 3.18. The van der Waals surface area contributed by atoms with Gasteiger partial charge in [0.1, 0.15) is 10.6 Å². The molecule has 1 heterocycles. The van der Waals surface area contributed by atoms with Gasteiger partial charge >= 0.3 is 0 Å². The lowest BCUT2D eigenvalue weighted by atomic mass is 10.2. The number of benzene rings is 2. The predicted molar refractivity (Wildman–Crippen MR) is 120 cm³/mol. The molecule has 1 amide bonds. The van der Waals surface area contributed by atoms with Crippen LogP contribution in [0.4, 0.5) is 0 Å². The Morgan fingerprint density at radius 2 is 2.00 bits per heavy atom. The Kier molecular flexibility index (Phi) is 7.58. The molecule has 0 aliphatic carbocycles. The third-order valence-electron chi connectivity index (χ3n) is 3.83. The van der Waals surface area contributed by atoms with E-state index in [0.717, 1.165) is 10.4 Å². The number of carbonyl (C=O) groups is 1. The Morgan fingerprint density at radius 1 is 1.23 bits per heavy atom. The summed E-state index contributed by atoms with van der Waals surface area (Å²) in [5, 5.41) is 7.47. The Bertz CT molecular complexity index is 1050. The molecule has 152 valence electrons. The van der Waals surface area contributed by atoms with Crippen LogP contribution in [0.15, 0.2) is 65.9 Å². The van der Waals surface area contributed by atoms with Crippen molar-refractivity contribution in [2.75, 3.05) is 0 Å². The fraction of sp³-hybridized carbons (Fsp3) is 0.174. The first kappa shape index (κ1) is 21.1. The zero-order chi connectivity index (χ0) is 21.2. The maximum absolute atomic E-state index is 11.0. The minimum Gasteiger partial charge on any atom is -0.431 e. The molecule has 0 radical (unpaired) electrons. The van der Waals surface area contributed by atoms with Crippen molar-refractivity contribution >= 4 is 23.5 Å². The number of nitrogens with one attached hydrogen (secondary N) is 2. The topological polar surface area (TPSA) is 75.6 Å². The van der Waals surface area contributed by atoms with Crippen LogP contribution in [0, 0.1) is 11.8 Å². The van der Waals surface area contributed by atoms with Crippen molar-refractivity contribution in [3.05, 3.63) is 76.8 Å². The number of hydrazone groups is 1. The maximum atomic E-state index is 11.0. The van der Waals surface area contributed by atoms with Crippen LogP contribution in [0.5, 0.6) is 10.9 Å². The molecule has 30 heavy (non-hydrogen) atoms. The van der Waals surface area contributed by atoms with Gasteiger partial charge in [-0.15, -0.1) is 0 Å². The monoisotopic (exact) mass is 418 g/mol. The van der Waals surface area contributed by atoms with E-state index in [-0.39, 0.29) is 11.9 Å². The van der Waals surface area contributed by atoms with Crippen LogP contribution in [-0.2, 0) is 11.3 Å². The molecule has 6 nitrogen and oxygen atoms in total. The van der Waals surface area contributed by atoms with Gasteiger partial charge in [-0.1, -0.05) is 53.5 Å². The average molecular weight is 419 g/mol. The molecule has 2 N–H and O–H groups in total. The molecule has 0 saturated heterocycles. The number of hydrogen-bond donors (Lipinski definition) is 2. The van der Waals surface area contributed by atoms with E-state index in [1.165, 1.54) is 23.8 Å². The minimum absolute atomic E-state index is 0.106. The fourth-order valence-electron chi connectivity index (χ4n) is 2.46. The SMILES string of the molecule is CC(=O)NC(C)C#Cc1cnc(Oc2ccc(C=NNCc3ccccc3)cc2)s1. The smallest absolute Gasteiger partial charge is 0.279 e. The first-order chi connectivity index (χ1) is 14.6. The lowest BCUT2D eigenvalue weighted by Crippen LogP contribution is -2.28. The fourth-order valence-corrected chi connectivity index (χ4v) is 3.11. The molecule has 1 aromatic heterocycles. The Morgan fingerprint density at radius 3 is 2.73 bits per heavy atom. The van der Waals surface area contributed by atoms with E-state index in [9.17, 15) is 4.79 Å². The number of aromatic nitrogens is 1. The maximum Gasteiger partial charge on any atom is 0.279 e. The lowest BCUT2D eigenvalue weighted by molar-refractivity contribution is -0.119. The van der Waals surface area contributed by atoms with E-state index >= 15 is 0 Å². The van der Waals surface area contributed by atoms with Crippen molar-refractivity contribution in [3.8, 4) is 22.8 Å². The first-order valence-electron chi connectivity index (χ1n) is 9.41. The van der Waals surface area contributed by atoms with Crippen molar-refractivity contribution in [1.82, 2.24) is 15.7 Å². The van der Waals surface area contributed by atoms with Gasteiger partial charge in [0.05, 0.1) is 25.0 Å². The molecule has 1 atom stereocenters. The van der Waals surface area contributed by atoms with E-state index in [4.69, 9.17) is 4.74 Å². The summed E-state index contributed by atoms with van der Waals surface area (Å²) in [6.07, 6.45) is 3.42. The molecule has 0 spiro atoms. The van der Waals surface area contributed by atoms with Crippen LogP contribution in [0.2, 0.25) is 0 Å². The highest BCUT2D eigenvalue weighted by Gasteiger charge is 2.04. The first-order valence-corrected chi connectivity index (χ1v) is 10.2. The molecular formula is C23H22N4O2S. The third kappa shape index (κ3) is 7.08. The van der Waals surface area contributed by atoms with Gasteiger partial charge in [0.25, 0.3) is 5.19 Å². The molecule has 3 rings (SSSR count). The zero-order valence-electron chi connectivity index (χ0n) is 16.8. The molecule has 0 aliphatic heterocycles. The standard InChI is InChI=1S/C23H22N4O2S/c1-17(27-18(2)28)8-13-22-16-24-23(30-22)29-21-11-9-20(10-12-21)15-26-25-14-19-6-4-3-5-7-19/h3-7,9-12,15-17,25H,14H2,1-2H3,(H,27,28). The second-order valence-corrected chi connectivity index (χ2v) is 7.42. The van der Waals surface area contributed by atoms with Crippen molar-refractivity contribution in [1.29, 1.82) is 0 Å². The van der Waals surface area contributed by atoms with Crippen LogP contribution in [0.1, 0.15) is 29.9 Å². The van der Waals surface area contributed by atoms with Crippen molar-refractivity contribution in [2.45, 2.75) is 26.4 Å². The van der Waals surface area contributed by atoms with Gasteiger partial charge < -0.3 is 15.5 Å². The van der Waals surface area contributed by atoms with Crippen LogP contribution in [0.3, 0.4) is 0 Å². The number of thiazole rings is 1. The van der Waals surface area contributed by atoms with Gasteiger partial charge in [-0.3, -0.25) is 4.79 Å². The molecule has 0 fully saturated rings. The van der Waals surface area contributed by atoms with E-state index < -0.39 is 0 Å². The van der Waals surface area contributed by atoms with Crippen LogP contribution in [0.25, 0.3) is 0 Å². The number of hydrogen-bond acceptors (Lipinski definition) is 6.